The Morgan fingerprint density at radius 3 is 1.21 bits per heavy atom. The lowest BCUT2D eigenvalue weighted by molar-refractivity contribution is 0.0592. The van der Waals surface area contributed by atoms with Crippen LogP contribution in [-0.2, 0) is 68.5 Å². The number of aliphatic hydroxyl groups is 2. The van der Waals surface area contributed by atoms with Crippen molar-refractivity contribution in [2.75, 3.05) is 99.2 Å². The van der Waals surface area contributed by atoms with E-state index in [1.165, 1.54) is 24.9 Å². The summed E-state index contributed by atoms with van der Waals surface area (Å²) in [6.07, 6.45) is 23.1. The summed E-state index contributed by atoms with van der Waals surface area (Å²) in [6.45, 7) is 8.09. The number of imidazole rings is 4. The van der Waals surface area contributed by atoms with E-state index in [2.05, 4.69) is 160 Å². The fourth-order valence-electron chi connectivity index (χ4n) is 7.52. The topological polar surface area (TPSA) is 274 Å². The van der Waals surface area contributed by atoms with Crippen LogP contribution in [0.1, 0.15) is 49.5 Å². The van der Waals surface area contributed by atoms with Crippen LogP contribution in [0.4, 0.5) is 0 Å². The average molecular weight is 1660 g/mol. The number of aliphatic hydroxyl groups excluding tert-OH is 2. The summed E-state index contributed by atoms with van der Waals surface area (Å²) in [5.74, 6) is -0.795. The van der Waals surface area contributed by atoms with E-state index in [0.29, 0.717) is 52.4 Å². The number of pyridine rings is 2. The van der Waals surface area contributed by atoms with Crippen molar-refractivity contribution < 1.29 is 56.6 Å². The number of allylic oxidation sites excluding steroid dienone is 1. The highest BCUT2D eigenvalue weighted by atomic mass is 79.9. The summed E-state index contributed by atoms with van der Waals surface area (Å²) in [6, 6.07) is 37.1. The number of carbonyl (C=O) groups is 2. The molecule has 0 amide bonds. The average Bonchev–Trinajstić information content (AvgIpc) is 1.14. The maximum Gasteiger partial charge on any atom is 0.337 e. The van der Waals surface area contributed by atoms with Crippen molar-refractivity contribution in [2.24, 2.45) is 4.99 Å². The van der Waals surface area contributed by atoms with Crippen LogP contribution in [0.5, 0.6) is 0 Å². The highest BCUT2D eigenvalue weighted by Crippen LogP contribution is 2.42. The molecule has 0 fully saturated rings. The molecule has 10 rings (SSSR count). The van der Waals surface area contributed by atoms with Crippen LogP contribution >= 0.6 is 86.0 Å². The van der Waals surface area contributed by atoms with Crippen LogP contribution in [0, 0.1) is 6.92 Å². The standard InChI is InChI=1S/C19H15Cl.C13H15N3O3.C12H13N3O3.C7H12N2O.C6H9BrN2O.C4H4BrN.C3H7BrO.C2H5BrO.CH3ClO2S/c20-19(16-10-4-1-5-11-16,17-12-6-2-7-13-17)18-14-8-3-9-15-18;1-18-6-5-16-8-12(15-9-16)11-7-10(3-4-14-11)13(17)19-2;1-18-12(17)9-2-3-13-10(6-9)11-7-15(4-5-16)8-14-11;1-7-5-9(6-8-7)3-4-10-2;1-10-3-2-9-4-6(7)8-5-9;5-4-1-2-6-3-4;1-5-3-2-4;3-1-2-4;1-5(2,3)4/h1-15H;3-4,7-9H,5-6H2,1-2H3;2-3,6-8,16H,4-5H2,1H3;5-6H,3-4H2,1-2H3;4-5H,2-3H2,1H3;2-3H,1H2;2-3H2,1H3;4H,1-2H2;1H3. The molecule has 7 heterocycles. The van der Waals surface area contributed by atoms with Crippen LogP contribution in [0.2, 0.25) is 0 Å². The second-order valence-electron chi connectivity index (χ2n) is 19.4. The molecule has 3 aromatic carbocycles. The van der Waals surface area contributed by atoms with Gasteiger partial charge in [-0.25, -0.2) is 37.9 Å². The van der Waals surface area contributed by atoms with Gasteiger partial charge in [-0.2, -0.15) is 0 Å². The molecule has 0 radical (unpaired) electrons. The summed E-state index contributed by atoms with van der Waals surface area (Å²) in [5.41, 5.74) is 7.77. The van der Waals surface area contributed by atoms with E-state index in [4.69, 9.17) is 36.0 Å². The first-order valence-corrected chi connectivity index (χ1v) is 36.3. The Bertz CT molecular complexity index is 3590. The van der Waals surface area contributed by atoms with E-state index in [0.717, 1.165) is 84.4 Å². The molecule has 0 saturated carbocycles. The van der Waals surface area contributed by atoms with Crippen molar-refractivity contribution in [1.29, 1.82) is 0 Å². The smallest absolute Gasteiger partial charge is 0.337 e. The van der Waals surface area contributed by atoms with Gasteiger partial charge in [0.25, 0.3) is 0 Å². The number of aryl methyl sites for hydroxylation is 1. The maximum atomic E-state index is 11.5. The number of ether oxygens (including phenoxy) is 6. The molecule has 2 N–H and O–H groups in total. The molecule has 6 aromatic heterocycles. The number of alkyl halides is 3. The number of hydrogen-bond donors (Lipinski definition) is 2. The Balaban J connectivity index is 0.000000391. The van der Waals surface area contributed by atoms with Crippen molar-refractivity contribution in [1.82, 2.24) is 48.2 Å². The molecular weight excluding hydrogens is 1570 g/mol. The van der Waals surface area contributed by atoms with Gasteiger partial charge in [0.05, 0.1) is 114 Å². The number of aromatic nitrogens is 10. The van der Waals surface area contributed by atoms with Crippen molar-refractivity contribution >= 4 is 113 Å². The fraction of sp³-hybridized carbons (Fsp3) is 0.328. The lowest BCUT2D eigenvalue weighted by atomic mass is 9.84. The van der Waals surface area contributed by atoms with Crippen molar-refractivity contribution in [2.45, 2.75) is 44.4 Å². The summed E-state index contributed by atoms with van der Waals surface area (Å²) in [5, 5.41) is 18.3. The van der Waals surface area contributed by atoms with Gasteiger partial charge in [0, 0.05) is 136 Å². The van der Waals surface area contributed by atoms with Gasteiger partial charge in [-0.3, -0.25) is 15.0 Å². The molecule has 526 valence electrons. The van der Waals surface area contributed by atoms with Crippen molar-refractivity contribution in [3.8, 4) is 22.8 Å². The predicted octanol–water partition coefficient (Wildman–Crippen LogP) is 12.7. The molecule has 0 aliphatic carbocycles. The molecular formula is C67H83Br4Cl2N11O12S. The van der Waals surface area contributed by atoms with Gasteiger partial charge in [0.2, 0.25) is 9.05 Å². The van der Waals surface area contributed by atoms with Gasteiger partial charge in [-0.05, 0) is 63.8 Å². The van der Waals surface area contributed by atoms with Crippen LogP contribution in [0.25, 0.3) is 22.8 Å². The Morgan fingerprint density at radius 1 is 0.536 bits per heavy atom. The maximum absolute atomic E-state index is 11.5. The van der Waals surface area contributed by atoms with E-state index in [1.54, 1.807) is 94.8 Å². The first-order valence-electron chi connectivity index (χ1n) is 29.4. The third-order valence-electron chi connectivity index (χ3n) is 12.0. The number of hydrogen-bond acceptors (Lipinski definition) is 19. The molecule has 0 bridgehead atoms. The lowest BCUT2D eigenvalue weighted by Gasteiger charge is -2.29. The molecule has 0 unspecified atom stereocenters. The Labute approximate surface area is 611 Å². The van der Waals surface area contributed by atoms with Gasteiger partial charge in [-0.15, -0.1) is 11.6 Å². The number of halogens is 6. The summed E-state index contributed by atoms with van der Waals surface area (Å²) >= 11 is 19.8. The third-order valence-corrected chi connectivity index (χ3v) is 14.3. The van der Waals surface area contributed by atoms with E-state index in [9.17, 15) is 18.0 Å². The number of rotatable bonds is 21. The first kappa shape index (κ1) is 86.4. The second-order valence-corrected chi connectivity index (χ2v) is 26.4. The van der Waals surface area contributed by atoms with Gasteiger partial charge >= 0.3 is 11.9 Å². The molecule has 97 heavy (non-hydrogen) atoms. The van der Waals surface area contributed by atoms with E-state index >= 15 is 0 Å². The minimum Gasteiger partial charge on any atom is -0.465 e. The monoisotopic (exact) mass is 1650 g/mol. The SMILES string of the molecule is BrC1=CN=CC1.COC(=O)c1ccnc(-c2cn(CCO)cn2)c1.COCCBr.COCCn1cnc(-c2cc(C(=O)OC)ccn2)c1.COCCn1cnc(Br)c1.COCCn1cnc(C)c1.CS(=O)(=O)Cl.ClC(c1ccccc1)(c1ccccc1)c1ccccc1.OCCBr. The van der Waals surface area contributed by atoms with E-state index in [1.807, 2.05) is 106 Å². The molecule has 1 aliphatic rings. The van der Waals surface area contributed by atoms with Crippen molar-refractivity contribution in [3.05, 3.63) is 227 Å². The quantitative estimate of drug-likeness (QED) is 0.0293. The van der Waals surface area contributed by atoms with Gasteiger partial charge in [0.15, 0.2) is 0 Å². The van der Waals surface area contributed by atoms with Crippen LogP contribution in [0.3, 0.4) is 0 Å². The lowest BCUT2D eigenvalue weighted by Crippen LogP contribution is -2.22. The molecule has 0 spiro atoms. The first-order chi connectivity index (χ1) is 46.7. The molecule has 0 atom stereocenters. The predicted molar refractivity (Wildman–Crippen MR) is 396 cm³/mol. The van der Waals surface area contributed by atoms with Gasteiger partial charge in [-0.1, -0.05) is 139 Å². The zero-order valence-electron chi connectivity index (χ0n) is 55.2. The Hall–Kier alpha value is -6.64. The number of methoxy groups -OCH3 is 6. The minimum atomic E-state index is -3.19. The number of carbonyl (C=O) groups excluding carboxylic acids is 2. The fourth-order valence-corrected chi connectivity index (χ4v) is 8.84. The molecule has 0 saturated heterocycles. The normalized spacial score (nSPS) is 10.9. The Morgan fingerprint density at radius 2 is 0.918 bits per heavy atom. The minimum absolute atomic E-state index is 0.0471. The summed E-state index contributed by atoms with van der Waals surface area (Å²) < 4.78 is 57.2. The number of aliphatic imine (C=N–C) groups is 1. The number of esters is 2. The van der Waals surface area contributed by atoms with Gasteiger partial charge < -0.3 is 56.9 Å². The van der Waals surface area contributed by atoms with Crippen LogP contribution < -0.4 is 0 Å². The third kappa shape index (κ3) is 36.7. The Kier molecular flexibility index (Phi) is 45.9. The number of benzene rings is 3. The molecule has 30 heteroatoms. The highest BCUT2D eigenvalue weighted by Gasteiger charge is 2.33. The molecule has 1 aliphatic heterocycles. The van der Waals surface area contributed by atoms with E-state index < -0.39 is 19.9 Å². The molecule has 23 nitrogen and oxygen atoms in total. The second kappa shape index (κ2) is 51.5. The van der Waals surface area contributed by atoms with E-state index in [-0.39, 0.29) is 19.2 Å². The van der Waals surface area contributed by atoms with Crippen LogP contribution in [0.15, 0.2) is 198 Å². The largest absolute Gasteiger partial charge is 0.465 e. The summed E-state index contributed by atoms with van der Waals surface area (Å²) in [7, 11) is 10.7. The zero-order valence-corrected chi connectivity index (χ0v) is 63.8. The molecule has 9 aromatic rings. The van der Waals surface area contributed by atoms with Crippen LogP contribution in [-0.4, -0.2) is 184 Å². The highest BCUT2D eigenvalue weighted by molar-refractivity contribution is 9.11. The van der Waals surface area contributed by atoms with Gasteiger partial charge in [0.1, 0.15) is 20.9 Å². The van der Waals surface area contributed by atoms with Crippen molar-refractivity contribution in [3.63, 3.8) is 0 Å². The number of nitrogens with zero attached hydrogens (tertiary/aromatic N) is 11. The zero-order chi connectivity index (χ0) is 71.7. The summed E-state index contributed by atoms with van der Waals surface area (Å²) in [4.78, 5) is 50.9.